The van der Waals surface area contributed by atoms with Crippen molar-refractivity contribution in [2.75, 3.05) is 17.6 Å². The van der Waals surface area contributed by atoms with Gasteiger partial charge in [-0.15, -0.1) is 0 Å². The van der Waals surface area contributed by atoms with E-state index in [-0.39, 0.29) is 0 Å². The van der Waals surface area contributed by atoms with Crippen LogP contribution in [0.5, 0.6) is 0 Å². The van der Waals surface area contributed by atoms with Crippen molar-refractivity contribution in [3.63, 3.8) is 0 Å². The summed E-state index contributed by atoms with van der Waals surface area (Å²) in [6.45, 7) is 1.80. The molecule has 0 aliphatic carbocycles. The van der Waals surface area contributed by atoms with Gasteiger partial charge in [0.15, 0.2) is 11.6 Å². The van der Waals surface area contributed by atoms with Crippen molar-refractivity contribution in [1.29, 1.82) is 0 Å². The molecule has 0 bridgehead atoms. The summed E-state index contributed by atoms with van der Waals surface area (Å²) in [6, 6.07) is 7.72. The molecular formula is C15H18N6. The molecule has 6 nitrogen and oxygen atoms in total. The maximum Gasteiger partial charge on any atom is 0.169 e. The highest BCUT2D eigenvalue weighted by Crippen LogP contribution is 2.18. The van der Waals surface area contributed by atoms with Crippen LogP contribution in [0.3, 0.4) is 0 Å². The van der Waals surface area contributed by atoms with E-state index in [0.29, 0.717) is 11.6 Å². The third-order valence-corrected chi connectivity index (χ3v) is 3.29. The third-order valence-electron chi connectivity index (χ3n) is 3.29. The topological polar surface area (TPSA) is 81.6 Å². The second-order valence-electron chi connectivity index (χ2n) is 4.88. The van der Waals surface area contributed by atoms with Gasteiger partial charge in [0, 0.05) is 25.5 Å². The molecule has 2 aromatic heterocycles. The van der Waals surface area contributed by atoms with Gasteiger partial charge in [0.25, 0.3) is 0 Å². The summed E-state index contributed by atoms with van der Waals surface area (Å²) in [5, 5.41) is 3.26. The van der Waals surface area contributed by atoms with Crippen molar-refractivity contribution >= 4 is 22.7 Å². The summed E-state index contributed by atoms with van der Waals surface area (Å²) < 4.78 is 2.07. The number of unbranched alkanes of at least 4 members (excludes halogenated alkanes) is 1. The number of nitrogen functional groups attached to an aromatic ring is 1. The smallest absolute Gasteiger partial charge is 0.169 e. The first kappa shape index (κ1) is 13.4. The average molecular weight is 282 g/mol. The molecular weight excluding hydrogens is 264 g/mol. The highest BCUT2D eigenvalue weighted by atomic mass is 15.1. The van der Waals surface area contributed by atoms with Gasteiger partial charge < -0.3 is 15.6 Å². The minimum absolute atomic E-state index is 0.448. The van der Waals surface area contributed by atoms with E-state index in [1.54, 1.807) is 6.20 Å². The molecule has 2 heterocycles. The van der Waals surface area contributed by atoms with Gasteiger partial charge in [-0.1, -0.05) is 12.1 Å². The van der Waals surface area contributed by atoms with E-state index in [0.717, 1.165) is 37.0 Å². The van der Waals surface area contributed by atoms with Crippen LogP contribution in [-0.4, -0.2) is 26.1 Å². The molecule has 21 heavy (non-hydrogen) atoms. The first-order chi connectivity index (χ1) is 10.3. The van der Waals surface area contributed by atoms with Gasteiger partial charge in [0.05, 0.1) is 17.4 Å². The number of para-hydroxylation sites is 2. The Hall–Kier alpha value is -2.63. The zero-order chi connectivity index (χ0) is 14.5. The quantitative estimate of drug-likeness (QED) is 0.678. The third kappa shape index (κ3) is 3.28. The number of nitrogens with two attached hydrogens (primary N) is 1. The van der Waals surface area contributed by atoms with Crippen LogP contribution in [0.2, 0.25) is 0 Å². The lowest BCUT2D eigenvalue weighted by molar-refractivity contribution is 0.621. The SMILES string of the molecule is Nc1nc2ccccc2nc1NCCCCn1ccnc1. The molecule has 0 saturated carbocycles. The number of nitrogens with one attached hydrogen (secondary N) is 1. The first-order valence-electron chi connectivity index (χ1n) is 7.05. The van der Waals surface area contributed by atoms with E-state index in [4.69, 9.17) is 5.73 Å². The monoisotopic (exact) mass is 282 g/mol. The Morgan fingerprint density at radius 3 is 2.67 bits per heavy atom. The highest BCUT2D eigenvalue weighted by molar-refractivity contribution is 5.79. The maximum atomic E-state index is 5.93. The minimum Gasteiger partial charge on any atom is -0.381 e. The Balaban J connectivity index is 1.54. The first-order valence-corrected chi connectivity index (χ1v) is 7.05. The lowest BCUT2D eigenvalue weighted by Gasteiger charge is -2.09. The molecule has 108 valence electrons. The van der Waals surface area contributed by atoms with E-state index in [1.807, 2.05) is 36.8 Å². The summed E-state index contributed by atoms with van der Waals surface area (Å²) in [5.74, 6) is 1.11. The largest absolute Gasteiger partial charge is 0.381 e. The van der Waals surface area contributed by atoms with Crippen molar-refractivity contribution in [2.24, 2.45) is 0 Å². The number of hydrogen-bond acceptors (Lipinski definition) is 5. The number of anilines is 2. The molecule has 0 aliphatic heterocycles. The van der Waals surface area contributed by atoms with Crippen LogP contribution in [0.15, 0.2) is 43.0 Å². The zero-order valence-corrected chi connectivity index (χ0v) is 11.7. The molecule has 0 radical (unpaired) electrons. The van der Waals surface area contributed by atoms with Gasteiger partial charge >= 0.3 is 0 Å². The second-order valence-corrected chi connectivity index (χ2v) is 4.88. The van der Waals surface area contributed by atoms with Crippen LogP contribution >= 0.6 is 0 Å². The fourth-order valence-electron chi connectivity index (χ4n) is 2.19. The van der Waals surface area contributed by atoms with E-state index >= 15 is 0 Å². The molecule has 0 fully saturated rings. The van der Waals surface area contributed by atoms with Gasteiger partial charge in [0.2, 0.25) is 0 Å². The van der Waals surface area contributed by atoms with E-state index in [9.17, 15) is 0 Å². The van der Waals surface area contributed by atoms with E-state index < -0.39 is 0 Å². The molecule has 0 saturated heterocycles. The number of rotatable bonds is 6. The fraction of sp³-hybridized carbons (Fsp3) is 0.267. The molecule has 0 aliphatic rings. The standard InChI is InChI=1S/C15H18N6/c16-14-15(20-13-6-2-1-5-12(13)19-14)18-7-3-4-9-21-10-8-17-11-21/h1-2,5-6,8,10-11H,3-4,7,9H2,(H2,16,19)(H,18,20). The van der Waals surface area contributed by atoms with Crippen molar-refractivity contribution < 1.29 is 0 Å². The van der Waals surface area contributed by atoms with Crippen LogP contribution in [0.1, 0.15) is 12.8 Å². The van der Waals surface area contributed by atoms with Gasteiger partial charge in [-0.05, 0) is 25.0 Å². The lowest BCUT2D eigenvalue weighted by Crippen LogP contribution is -2.08. The van der Waals surface area contributed by atoms with Crippen molar-refractivity contribution in [1.82, 2.24) is 19.5 Å². The summed E-state index contributed by atoms with van der Waals surface area (Å²) in [7, 11) is 0. The van der Waals surface area contributed by atoms with Crippen LogP contribution in [0.25, 0.3) is 11.0 Å². The molecule has 3 N–H and O–H groups in total. The van der Waals surface area contributed by atoms with Gasteiger partial charge in [-0.2, -0.15) is 0 Å². The molecule has 0 amide bonds. The molecule has 0 atom stereocenters. The number of benzene rings is 1. The summed E-state index contributed by atoms with van der Waals surface area (Å²) in [6.07, 6.45) is 7.71. The van der Waals surface area contributed by atoms with Crippen molar-refractivity contribution in [3.05, 3.63) is 43.0 Å². The number of imidazole rings is 1. The predicted octanol–water partition coefficient (Wildman–Crippen LogP) is 2.30. The van der Waals surface area contributed by atoms with Crippen LogP contribution < -0.4 is 11.1 Å². The van der Waals surface area contributed by atoms with Crippen LogP contribution in [0.4, 0.5) is 11.6 Å². The van der Waals surface area contributed by atoms with Gasteiger partial charge in [0.1, 0.15) is 0 Å². The van der Waals surface area contributed by atoms with Crippen LogP contribution in [-0.2, 0) is 6.54 Å². The molecule has 0 unspecified atom stereocenters. The minimum atomic E-state index is 0.448. The number of aryl methyl sites for hydroxylation is 1. The Labute approximate surface area is 123 Å². The molecule has 6 heteroatoms. The van der Waals surface area contributed by atoms with Gasteiger partial charge in [-0.25, -0.2) is 15.0 Å². The summed E-state index contributed by atoms with van der Waals surface area (Å²) in [5.41, 5.74) is 7.60. The number of hydrogen-bond donors (Lipinski definition) is 2. The zero-order valence-electron chi connectivity index (χ0n) is 11.7. The lowest BCUT2D eigenvalue weighted by atomic mass is 10.3. The van der Waals surface area contributed by atoms with Crippen molar-refractivity contribution in [3.8, 4) is 0 Å². The highest BCUT2D eigenvalue weighted by Gasteiger charge is 2.04. The summed E-state index contributed by atoms with van der Waals surface area (Å²) >= 11 is 0. The molecule has 1 aromatic carbocycles. The Morgan fingerprint density at radius 2 is 1.90 bits per heavy atom. The molecule has 3 aromatic rings. The summed E-state index contributed by atoms with van der Waals surface area (Å²) in [4.78, 5) is 12.9. The van der Waals surface area contributed by atoms with Gasteiger partial charge in [-0.3, -0.25) is 0 Å². The van der Waals surface area contributed by atoms with Crippen molar-refractivity contribution in [2.45, 2.75) is 19.4 Å². The van der Waals surface area contributed by atoms with E-state index in [1.165, 1.54) is 0 Å². The number of nitrogens with zero attached hydrogens (tertiary/aromatic N) is 4. The fourth-order valence-corrected chi connectivity index (χ4v) is 2.19. The number of aromatic nitrogens is 4. The molecule has 3 rings (SSSR count). The predicted molar refractivity (Wildman–Crippen MR) is 83.9 cm³/mol. The van der Waals surface area contributed by atoms with Crippen LogP contribution in [0, 0.1) is 0 Å². The maximum absolute atomic E-state index is 5.93. The Bertz CT molecular complexity index is 707. The normalized spacial score (nSPS) is 10.9. The number of fused-ring (bicyclic) bond motifs is 1. The average Bonchev–Trinajstić information content (AvgIpc) is 3.00. The van der Waals surface area contributed by atoms with E-state index in [2.05, 4.69) is 24.8 Å². The second kappa shape index (κ2) is 6.21. The molecule has 0 spiro atoms. The Morgan fingerprint density at radius 1 is 1.10 bits per heavy atom. The Kier molecular flexibility index (Phi) is 3.95.